The van der Waals surface area contributed by atoms with Crippen LogP contribution in [0.15, 0.2) is 97.1 Å². The molecule has 6 N–H and O–H groups in total. The van der Waals surface area contributed by atoms with Gasteiger partial charge >= 0.3 is 22.5 Å². The molecule has 224 valence electrons. The Hall–Kier alpha value is -5.08. The molecule has 43 heavy (non-hydrogen) atoms. The fourth-order valence-corrected chi connectivity index (χ4v) is 4.67. The predicted octanol–water partition coefficient (Wildman–Crippen LogP) is 4.42. The molecule has 4 aromatic carbocycles. The van der Waals surface area contributed by atoms with Crippen molar-refractivity contribution >= 4 is 57.1 Å². The van der Waals surface area contributed by atoms with Crippen molar-refractivity contribution in [2.45, 2.75) is 20.3 Å². The number of rotatable bonds is 14. The van der Waals surface area contributed by atoms with Gasteiger partial charge in [-0.2, -0.15) is 8.42 Å². The quantitative estimate of drug-likeness (QED) is 0.0891. The number of hydrazine groups is 2. The van der Waals surface area contributed by atoms with Crippen molar-refractivity contribution in [3.8, 4) is 11.5 Å². The molecule has 0 heterocycles. The number of aryl methyl sites for hydroxylation is 2. The molecular weight excluding hydrogens is 592 g/mol. The Labute approximate surface area is 254 Å². The molecule has 12 nitrogen and oxygen atoms in total. The van der Waals surface area contributed by atoms with E-state index in [9.17, 15) is 18.0 Å². The number of nitrogens with one attached hydrogen (secondary N) is 6. The van der Waals surface area contributed by atoms with Crippen LogP contribution in [0.4, 0.5) is 22.7 Å². The first kappa shape index (κ1) is 30.9. The molecule has 0 saturated carbocycles. The molecular formula is C29H30N6O6S2. The van der Waals surface area contributed by atoms with Crippen molar-refractivity contribution in [2.75, 3.05) is 20.3 Å². The Bertz CT molecular complexity index is 1450. The van der Waals surface area contributed by atoms with Crippen LogP contribution < -0.4 is 39.5 Å². The van der Waals surface area contributed by atoms with Gasteiger partial charge in [0, 0.05) is 11.4 Å². The van der Waals surface area contributed by atoms with Gasteiger partial charge < -0.3 is 8.37 Å². The molecule has 0 fully saturated rings. The Morgan fingerprint density at radius 1 is 0.535 bits per heavy atom. The topological polar surface area (TPSA) is 159 Å². The standard InChI is InChI=1S/C29H30N6O6S2/c1-20-3-15-26(16-4-20)40-42(38)34-24-11-7-22(8-12-24)30-32-28(36)19-29(37)33-31-23-9-13-25(14-10-23)35-43(39)41-27-17-5-21(2)6-18-27/h3-18,30-31,34-35H,19H2,1-2H3,(H,32,36)(H,33,37). The molecule has 0 spiro atoms. The highest BCUT2D eigenvalue weighted by atomic mass is 32.2. The predicted molar refractivity (Wildman–Crippen MR) is 168 cm³/mol. The van der Waals surface area contributed by atoms with Gasteiger partial charge in [0.1, 0.15) is 17.9 Å². The lowest BCUT2D eigenvalue weighted by Gasteiger charge is -2.12. The number of hydrogen-bond donors (Lipinski definition) is 6. The number of amides is 2. The van der Waals surface area contributed by atoms with Crippen LogP contribution >= 0.6 is 0 Å². The largest absolute Gasteiger partial charge is 0.385 e. The second-order valence-corrected chi connectivity index (χ2v) is 10.8. The van der Waals surface area contributed by atoms with Crippen LogP contribution in [0.25, 0.3) is 0 Å². The summed E-state index contributed by atoms with van der Waals surface area (Å²) < 4.78 is 40.5. The third kappa shape index (κ3) is 10.7. The first-order valence-corrected chi connectivity index (χ1v) is 15.0. The van der Waals surface area contributed by atoms with E-state index in [0.717, 1.165) is 11.1 Å². The minimum Gasteiger partial charge on any atom is -0.385 e. The van der Waals surface area contributed by atoms with Gasteiger partial charge in [-0.1, -0.05) is 35.4 Å². The normalized spacial score (nSPS) is 11.8. The zero-order chi connectivity index (χ0) is 30.6. The molecule has 0 aromatic heterocycles. The van der Waals surface area contributed by atoms with Crippen LogP contribution in [0.5, 0.6) is 11.5 Å². The van der Waals surface area contributed by atoms with Gasteiger partial charge in [0.15, 0.2) is 0 Å². The molecule has 0 aliphatic carbocycles. The number of carbonyl (C=O) groups excluding carboxylic acids is 2. The zero-order valence-corrected chi connectivity index (χ0v) is 24.8. The highest BCUT2D eigenvalue weighted by Gasteiger charge is 2.10. The SMILES string of the molecule is Cc1ccc(OS(=O)Nc2ccc(NNC(=O)CC(=O)NNc3ccc(NS(=O)Oc4ccc(C)cc4)cc3)cc2)cc1. The van der Waals surface area contributed by atoms with E-state index in [1.807, 2.05) is 38.1 Å². The Morgan fingerprint density at radius 2 is 0.860 bits per heavy atom. The van der Waals surface area contributed by atoms with Crippen LogP contribution in [0, 0.1) is 13.8 Å². The van der Waals surface area contributed by atoms with Gasteiger partial charge in [0.25, 0.3) is 0 Å². The molecule has 0 radical (unpaired) electrons. The first-order chi connectivity index (χ1) is 20.7. The van der Waals surface area contributed by atoms with Crippen LogP contribution in [0.3, 0.4) is 0 Å². The third-order valence-corrected chi connectivity index (χ3v) is 7.06. The highest BCUT2D eigenvalue weighted by Crippen LogP contribution is 2.18. The van der Waals surface area contributed by atoms with E-state index in [0.29, 0.717) is 34.2 Å². The molecule has 2 amide bonds. The van der Waals surface area contributed by atoms with Crippen LogP contribution in [0.2, 0.25) is 0 Å². The lowest BCUT2D eigenvalue weighted by atomic mass is 10.2. The van der Waals surface area contributed by atoms with E-state index >= 15 is 0 Å². The molecule has 0 bridgehead atoms. The molecule has 0 saturated heterocycles. The second-order valence-electron chi connectivity index (χ2n) is 9.14. The molecule has 4 aromatic rings. The lowest BCUT2D eigenvalue weighted by Crippen LogP contribution is -2.36. The van der Waals surface area contributed by atoms with E-state index in [1.165, 1.54) is 0 Å². The van der Waals surface area contributed by atoms with Gasteiger partial charge in [-0.25, -0.2) is 0 Å². The monoisotopic (exact) mass is 622 g/mol. The van der Waals surface area contributed by atoms with Crippen molar-refractivity contribution < 1.29 is 26.4 Å². The average Bonchev–Trinajstić information content (AvgIpc) is 2.99. The molecule has 2 unspecified atom stereocenters. The molecule has 4 rings (SSSR count). The van der Waals surface area contributed by atoms with Gasteiger partial charge in [-0.05, 0) is 86.6 Å². The van der Waals surface area contributed by atoms with Gasteiger partial charge in [-0.15, -0.1) is 0 Å². The maximum atomic E-state index is 12.2. The van der Waals surface area contributed by atoms with Gasteiger partial charge in [0.05, 0.1) is 11.4 Å². The molecule has 14 heteroatoms. The molecule has 0 aliphatic rings. The lowest BCUT2D eigenvalue weighted by molar-refractivity contribution is -0.128. The summed E-state index contributed by atoms with van der Waals surface area (Å²) in [5.74, 6) is -0.183. The number of hydrogen-bond acceptors (Lipinski definition) is 8. The third-order valence-electron chi connectivity index (χ3n) is 5.57. The van der Waals surface area contributed by atoms with Crippen molar-refractivity contribution in [1.29, 1.82) is 0 Å². The maximum absolute atomic E-state index is 12.2. The highest BCUT2D eigenvalue weighted by molar-refractivity contribution is 7.82. The summed E-state index contributed by atoms with van der Waals surface area (Å²) in [4.78, 5) is 24.3. The van der Waals surface area contributed by atoms with E-state index in [4.69, 9.17) is 8.37 Å². The number of carbonyl (C=O) groups is 2. The van der Waals surface area contributed by atoms with Gasteiger partial charge in [0.2, 0.25) is 11.8 Å². The van der Waals surface area contributed by atoms with Crippen molar-refractivity contribution in [1.82, 2.24) is 10.9 Å². The Balaban J connectivity index is 1.12. The van der Waals surface area contributed by atoms with E-state index in [2.05, 4.69) is 31.1 Å². The summed E-state index contributed by atoms with van der Waals surface area (Å²) in [5.41, 5.74) is 14.6. The summed E-state index contributed by atoms with van der Waals surface area (Å²) in [6, 6.07) is 27.5. The minimum absolute atomic E-state index is 0.441. The van der Waals surface area contributed by atoms with Crippen molar-refractivity contribution in [2.24, 2.45) is 0 Å². The first-order valence-electron chi connectivity index (χ1n) is 12.9. The number of anilines is 4. The van der Waals surface area contributed by atoms with Crippen LogP contribution in [-0.4, -0.2) is 20.2 Å². The average molecular weight is 623 g/mol. The maximum Gasteiger partial charge on any atom is 0.316 e. The van der Waals surface area contributed by atoms with E-state index < -0.39 is 40.8 Å². The molecule has 2 atom stereocenters. The summed E-state index contributed by atoms with van der Waals surface area (Å²) in [5, 5.41) is 0. The van der Waals surface area contributed by atoms with Gasteiger partial charge in [-0.3, -0.25) is 40.7 Å². The van der Waals surface area contributed by atoms with Crippen molar-refractivity contribution in [3.63, 3.8) is 0 Å². The molecule has 0 aliphatic heterocycles. The second kappa shape index (κ2) is 15.2. The van der Waals surface area contributed by atoms with Crippen LogP contribution in [-0.2, 0) is 32.1 Å². The van der Waals surface area contributed by atoms with E-state index in [1.54, 1.807) is 72.8 Å². The summed E-state index contributed by atoms with van der Waals surface area (Å²) in [6.45, 7) is 3.89. The smallest absolute Gasteiger partial charge is 0.316 e. The zero-order valence-electron chi connectivity index (χ0n) is 23.2. The van der Waals surface area contributed by atoms with E-state index in [-0.39, 0.29) is 0 Å². The summed E-state index contributed by atoms with van der Waals surface area (Å²) in [7, 11) is 0. The fourth-order valence-electron chi connectivity index (χ4n) is 3.36. The Morgan fingerprint density at radius 3 is 1.21 bits per heavy atom. The number of benzene rings is 4. The van der Waals surface area contributed by atoms with Crippen LogP contribution in [0.1, 0.15) is 17.5 Å². The van der Waals surface area contributed by atoms with Crippen molar-refractivity contribution in [3.05, 3.63) is 108 Å². The summed E-state index contributed by atoms with van der Waals surface area (Å²) >= 11 is -3.58. The minimum atomic E-state index is -1.79. The summed E-state index contributed by atoms with van der Waals surface area (Å²) in [6.07, 6.45) is -0.441. The Kier molecular flexibility index (Phi) is 10.9. The fraction of sp³-hybridized carbons (Fsp3) is 0.103.